The van der Waals surface area contributed by atoms with Crippen LogP contribution in [0.1, 0.15) is 5.89 Å². The zero-order valence-corrected chi connectivity index (χ0v) is 11.7. The number of para-hydroxylation sites is 3. The zero-order chi connectivity index (χ0) is 13.5. The van der Waals surface area contributed by atoms with E-state index in [0.717, 1.165) is 16.1 Å². The van der Waals surface area contributed by atoms with Crippen LogP contribution >= 0.6 is 11.8 Å². The molecule has 4 rings (SSSR count). The molecule has 0 radical (unpaired) electrons. The monoisotopic (exact) mass is 280 g/mol. The molecule has 2 aromatic carbocycles. The van der Waals surface area contributed by atoms with Gasteiger partial charge in [0.15, 0.2) is 5.58 Å². The van der Waals surface area contributed by atoms with Crippen molar-refractivity contribution in [2.45, 2.75) is 4.90 Å². The average molecular weight is 280 g/mol. The molecule has 98 valence electrons. The van der Waals surface area contributed by atoms with Crippen molar-refractivity contribution in [1.29, 1.82) is 0 Å². The summed E-state index contributed by atoms with van der Waals surface area (Å²) in [6.45, 7) is 0. The van der Waals surface area contributed by atoms with Gasteiger partial charge in [0.1, 0.15) is 5.52 Å². The van der Waals surface area contributed by atoms with E-state index in [0.29, 0.717) is 5.89 Å². The summed E-state index contributed by atoms with van der Waals surface area (Å²) in [5.74, 6) is 0.647. The van der Waals surface area contributed by atoms with Gasteiger partial charge in [-0.1, -0.05) is 36.0 Å². The van der Waals surface area contributed by atoms with Gasteiger partial charge in [-0.3, -0.25) is 0 Å². The van der Waals surface area contributed by atoms with Gasteiger partial charge in [-0.15, -0.1) is 0 Å². The summed E-state index contributed by atoms with van der Waals surface area (Å²) in [6.07, 6.45) is 1.99. The van der Waals surface area contributed by atoms with E-state index < -0.39 is 0 Å². The molecule has 1 aromatic heterocycles. The SMILES string of the molecule is CN1/C(=C/c2nc3ccccc3o2)Sc2ccccc21. The number of benzene rings is 2. The van der Waals surface area contributed by atoms with Gasteiger partial charge < -0.3 is 9.32 Å². The number of aromatic nitrogens is 1. The van der Waals surface area contributed by atoms with E-state index in [1.54, 1.807) is 11.8 Å². The molecule has 0 spiro atoms. The Balaban J connectivity index is 1.75. The van der Waals surface area contributed by atoms with Crippen LogP contribution in [0, 0.1) is 0 Å². The molecule has 0 unspecified atom stereocenters. The summed E-state index contributed by atoms with van der Waals surface area (Å²) in [6, 6.07) is 16.2. The Labute approximate surface area is 120 Å². The summed E-state index contributed by atoms with van der Waals surface area (Å²) < 4.78 is 5.75. The van der Waals surface area contributed by atoms with Crippen molar-refractivity contribution in [3.8, 4) is 0 Å². The van der Waals surface area contributed by atoms with Crippen LogP contribution in [0.3, 0.4) is 0 Å². The second kappa shape index (κ2) is 4.42. The van der Waals surface area contributed by atoms with E-state index in [1.807, 2.05) is 30.3 Å². The van der Waals surface area contributed by atoms with Gasteiger partial charge in [-0.2, -0.15) is 0 Å². The highest BCUT2D eigenvalue weighted by Crippen LogP contribution is 2.45. The molecule has 0 aliphatic carbocycles. The number of nitrogens with zero attached hydrogens (tertiary/aromatic N) is 2. The van der Waals surface area contributed by atoms with Crippen molar-refractivity contribution in [3.05, 3.63) is 59.5 Å². The predicted octanol–water partition coefficient (Wildman–Crippen LogP) is 4.37. The van der Waals surface area contributed by atoms with E-state index in [-0.39, 0.29) is 0 Å². The third kappa shape index (κ3) is 1.80. The molecule has 2 heterocycles. The number of hydrogen-bond acceptors (Lipinski definition) is 4. The molecule has 0 saturated carbocycles. The fourth-order valence-electron chi connectivity index (χ4n) is 2.30. The molecule has 1 aliphatic heterocycles. The minimum absolute atomic E-state index is 0.647. The smallest absolute Gasteiger partial charge is 0.222 e. The van der Waals surface area contributed by atoms with E-state index in [1.165, 1.54) is 10.6 Å². The Morgan fingerprint density at radius 2 is 1.90 bits per heavy atom. The van der Waals surface area contributed by atoms with Gasteiger partial charge in [-0.05, 0) is 24.3 Å². The first-order valence-corrected chi connectivity index (χ1v) is 7.21. The van der Waals surface area contributed by atoms with E-state index >= 15 is 0 Å². The van der Waals surface area contributed by atoms with Gasteiger partial charge in [0, 0.05) is 18.0 Å². The third-order valence-electron chi connectivity index (χ3n) is 3.33. The Bertz CT molecular complexity index is 789. The summed E-state index contributed by atoms with van der Waals surface area (Å²) in [7, 11) is 2.06. The minimum Gasteiger partial charge on any atom is -0.437 e. The fraction of sp³-hybridized carbons (Fsp3) is 0.0625. The second-order valence-corrected chi connectivity index (χ2v) is 5.69. The molecule has 0 bridgehead atoms. The summed E-state index contributed by atoms with van der Waals surface area (Å²) >= 11 is 1.74. The maximum absolute atomic E-state index is 5.75. The Hall–Kier alpha value is -2.20. The number of oxazole rings is 1. The van der Waals surface area contributed by atoms with Gasteiger partial charge in [0.05, 0.1) is 10.7 Å². The predicted molar refractivity (Wildman–Crippen MR) is 82.7 cm³/mol. The number of anilines is 1. The standard InChI is InChI=1S/C16H12N2OS/c1-18-12-7-3-5-9-14(12)20-16(18)10-15-17-11-6-2-4-8-13(11)19-15/h2-10H,1H3/b16-10-. The van der Waals surface area contributed by atoms with Crippen molar-refractivity contribution in [2.24, 2.45) is 0 Å². The molecule has 3 nitrogen and oxygen atoms in total. The van der Waals surface area contributed by atoms with Gasteiger partial charge in [-0.25, -0.2) is 4.98 Å². The zero-order valence-electron chi connectivity index (χ0n) is 10.9. The van der Waals surface area contributed by atoms with Crippen LogP contribution in [-0.4, -0.2) is 12.0 Å². The first kappa shape index (κ1) is 11.6. The van der Waals surface area contributed by atoms with Crippen molar-refractivity contribution in [2.75, 3.05) is 11.9 Å². The lowest BCUT2D eigenvalue weighted by Crippen LogP contribution is -2.09. The lowest BCUT2D eigenvalue weighted by Gasteiger charge is -2.12. The van der Waals surface area contributed by atoms with Crippen LogP contribution in [0.15, 0.2) is 62.9 Å². The fourth-order valence-corrected chi connectivity index (χ4v) is 3.38. The molecule has 1 aliphatic rings. The maximum atomic E-state index is 5.75. The minimum atomic E-state index is 0.647. The van der Waals surface area contributed by atoms with Crippen molar-refractivity contribution >= 4 is 34.6 Å². The first-order chi connectivity index (χ1) is 9.81. The van der Waals surface area contributed by atoms with E-state index in [2.05, 4.69) is 41.2 Å². The van der Waals surface area contributed by atoms with Crippen LogP contribution in [0.2, 0.25) is 0 Å². The molecule has 0 N–H and O–H groups in total. The molecule has 0 atom stereocenters. The molecule has 0 amide bonds. The van der Waals surface area contributed by atoms with Crippen LogP contribution in [0.5, 0.6) is 0 Å². The number of fused-ring (bicyclic) bond motifs is 2. The molecule has 0 saturated heterocycles. The number of rotatable bonds is 1. The van der Waals surface area contributed by atoms with Gasteiger partial charge in [0.2, 0.25) is 5.89 Å². The maximum Gasteiger partial charge on any atom is 0.222 e. The summed E-state index contributed by atoms with van der Waals surface area (Å²) in [5.41, 5.74) is 2.94. The quantitative estimate of drug-likeness (QED) is 0.662. The van der Waals surface area contributed by atoms with Crippen LogP contribution < -0.4 is 4.90 Å². The first-order valence-electron chi connectivity index (χ1n) is 6.39. The molecular formula is C16H12N2OS. The highest BCUT2D eigenvalue weighted by atomic mass is 32.2. The summed E-state index contributed by atoms with van der Waals surface area (Å²) in [5, 5.41) is 1.12. The lowest BCUT2D eigenvalue weighted by molar-refractivity contribution is 0.589. The highest BCUT2D eigenvalue weighted by molar-refractivity contribution is 8.03. The lowest BCUT2D eigenvalue weighted by atomic mass is 10.3. The van der Waals surface area contributed by atoms with Crippen molar-refractivity contribution < 1.29 is 4.42 Å². The van der Waals surface area contributed by atoms with Crippen LogP contribution in [0.25, 0.3) is 17.2 Å². The second-order valence-electron chi connectivity index (χ2n) is 4.63. The van der Waals surface area contributed by atoms with E-state index in [4.69, 9.17) is 4.42 Å². The highest BCUT2D eigenvalue weighted by Gasteiger charge is 2.21. The normalized spacial score (nSPS) is 16.1. The molecular weight excluding hydrogens is 268 g/mol. The van der Waals surface area contributed by atoms with E-state index in [9.17, 15) is 0 Å². The van der Waals surface area contributed by atoms with Crippen molar-refractivity contribution in [3.63, 3.8) is 0 Å². The Morgan fingerprint density at radius 1 is 1.10 bits per heavy atom. The van der Waals surface area contributed by atoms with Crippen molar-refractivity contribution in [1.82, 2.24) is 4.98 Å². The van der Waals surface area contributed by atoms with Gasteiger partial charge >= 0.3 is 0 Å². The molecule has 3 aromatic rings. The Kier molecular flexibility index (Phi) is 2.57. The van der Waals surface area contributed by atoms with Crippen LogP contribution in [-0.2, 0) is 0 Å². The number of hydrogen-bond donors (Lipinski definition) is 0. The van der Waals surface area contributed by atoms with Crippen LogP contribution in [0.4, 0.5) is 5.69 Å². The Morgan fingerprint density at radius 3 is 2.75 bits per heavy atom. The third-order valence-corrected chi connectivity index (χ3v) is 4.50. The topological polar surface area (TPSA) is 29.3 Å². The molecule has 0 fully saturated rings. The van der Waals surface area contributed by atoms with Gasteiger partial charge in [0.25, 0.3) is 0 Å². The average Bonchev–Trinajstić information content (AvgIpc) is 3.01. The number of thioether (sulfide) groups is 1. The molecule has 4 heteroatoms. The summed E-state index contributed by atoms with van der Waals surface area (Å²) in [4.78, 5) is 7.91. The molecule has 20 heavy (non-hydrogen) atoms. The largest absolute Gasteiger partial charge is 0.437 e.